The quantitative estimate of drug-likeness (QED) is 0.557. The fraction of sp³-hybridized carbons (Fsp3) is 0.0556. The zero-order valence-corrected chi connectivity index (χ0v) is 11.7. The fourth-order valence-corrected chi connectivity index (χ4v) is 2.60. The zero-order chi connectivity index (χ0) is 14.9. The average Bonchev–Trinajstić information content (AvgIpc) is 3.18. The molecule has 0 unspecified atom stereocenters. The minimum absolute atomic E-state index is 0.231. The van der Waals surface area contributed by atoms with E-state index in [1.54, 1.807) is 18.4 Å². The largest absolute Gasteiger partial charge is 0.461 e. The Bertz CT molecular complexity index is 908. The van der Waals surface area contributed by atoms with Crippen LogP contribution >= 0.6 is 0 Å². The third-order valence-corrected chi connectivity index (χ3v) is 3.65. The Morgan fingerprint density at radius 1 is 0.955 bits per heavy atom. The summed E-state index contributed by atoms with van der Waals surface area (Å²) in [5.41, 5.74) is 2.95. The molecule has 2 aromatic carbocycles. The molecule has 0 fully saturated rings. The molecule has 4 aromatic rings. The first-order chi connectivity index (χ1) is 10.8. The van der Waals surface area contributed by atoms with Crippen LogP contribution in [0.25, 0.3) is 22.6 Å². The summed E-state index contributed by atoms with van der Waals surface area (Å²) in [5.74, 6) is 1.26. The van der Waals surface area contributed by atoms with Crippen molar-refractivity contribution < 1.29 is 8.81 Å². The number of hydrogen-bond donors (Lipinski definition) is 0. The first-order valence-electron chi connectivity index (χ1n) is 7.05. The summed E-state index contributed by atoms with van der Waals surface area (Å²) in [7, 11) is 0. The molecule has 4 rings (SSSR count). The number of benzene rings is 2. The second-order valence-electron chi connectivity index (χ2n) is 5.11. The molecule has 0 spiro atoms. The summed E-state index contributed by atoms with van der Waals surface area (Å²) < 4.78 is 20.7. The standard InChI is InChI=1S/C18H13FN2O/c19-14-9-7-13(8-10-14)12-21-16-5-2-1-4-15(16)20-18(21)17-6-3-11-22-17/h1-11H,12H2. The van der Waals surface area contributed by atoms with Crippen LogP contribution in [0.1, 0.15) is 5.56 Å². The topological polar surface area (TPSA) is 31.0 Å². The molecule has 4 heteroatoms. The van der Waals surface area contributed by atoms with Crippen molar-refractivity contribution in [2.75, 3.05) is 0 Å². The van der Waals surface area contributed by atoms with E-state index < -0.39 is 0 Å². The lowest BCUT2D eigenvalue weighted by Gasteiger charge is -2.08. The van der Waals surface area contributed by atoms with Gasteiger partial charge in [-0.2, -0.15) is 0 Å². The van der Waals surface area contributed by atoms with Crippen molar-refractivity contribution in [3.05, 3.63) is 78.3 Å². The highest BCUT2D eigenvalue weighted by atomic mass is 19.1. The Kier molecular flexibility index (Phi) is 3.00. The van der Waals surface area contributed by atoms with E-state index in [1.165, 1.54) is 12.1 Å². The highest BCUT2D eigenvalue weighted by Gasteiger charge is 2.14. The van der Waals surface area contributed by atoms with Gasteiger partial charge < -0.3 is 8.98 Å². The molecule has 22 heavy (non-hydrogen) atoms. The van der Waals surface area contributed by atoms with Crippen LogP contribution < -0.4 is 0 Å². The molecule has 0 aliphatic rings. The Balaban J connectivity index is 1.87. The van der Waals surface area contributed by atoms with E-state index in [-0.39, 0.29) is 5.82 Å². The fourth-order valence-electron chi connectivity index (χ4n) is 2.60. The van der Waals surface area contributed by atoms with Gasteiger partial charge in [0.15, 0.2) is 11.6 Å². The maximum Gasteiger partial charge on any atom is 0.177 e. The number of furan rings is 1. The monoisotopic (exact) mass is 292 g/mol. The Labute approximate surface area is 126 Å². The number of halogens is 1. The maximum absolute atomic E-state index is 13.1. The summed E-state index contributed by atoms with van der Waals surface area (Å²) in [6.07, 6.45) is 1.64. The van der Waals surface area contributed by atoms with E-state index in [4.69, 9.17) is 4.42 Å². The minimum Gasteiger partial charge on any atom is -0.461 e. The second-order valence-corrected chi connectivity index (χ2v) is 5.11. The summed E-state index contributed by atoms with van der Waals surface area (Å²) in [5, 5.41) is 0. The van der Waals surface area contributed by atoms with Crippen molar-refractivity contribution in [3.63, 3.8) is 0 Å². The molecular formula is C18H13FN2O. The van der Waals surface area contributed by atoms with Gasteiger partial charge >= 0.3 is 0 Å². The normalized spacial score (nSPS) is 11.1. The van der Waals surface area contributed by atoms with Gasteiger partial charge in [-0.05, 0) is 42.0 Å². The van der Waals surface area contributed by atoms with Crippen molar-refractivity contribution in [1.29, 1.82) is 0 Å². The highest BCUT2D eigenvalue weighted by molar-refractivity contribution is 5.79. The van der Waals surface area contributed by atoms with Crippen molar-refractivity contribution in [2.45, 2.75) is 6.54 Å². The number of fused-ring (bicyclic) bond motifs is 1. The van der Waals surface area contributed by atoms with Crippen LogP contribution in [-0.2, 0) is 6.54 Å². The van der Waals surface area contributed by atoms with Crippen LogP contribution in [0, 0.1) is 5.82 Å². The van der Waals surface area contributed by atoms with Gasteiger partial charge in [-0.15, -0.1) is 0 Å². The Morgan fingerprint density at radius 3 is 2.55 bits per heavy atom. The van der Waals surface area contributed by atoms with Crippen LogP contribution in [0.3, 0.4) is 0 Å². The van der Waals surface area contributed by atoms with Gasteiger partial charge in [-0.25, -0.2) is 9.37 Å². The van der Waals surface area contributed by atoms with Gasteiger partial charge in [-0.1, -0.05) is 24.3 Å². The molecule has 0 radical (unpaired) electrons. The molecule has 3 nitrogen and oxygen atoms in total. The predicted octanol–water partition coefficient (Wildman–Crippen LogP) is 4.48. The molecule has 0 aliphatic heterocycles. The lowest BCUT2D eigenvalue weighted by atomic mass is 10.2. The first kappa shape index (κ1) is 12.8. The molecule has 0 amide bonds. The lowest BCUT2D eigenvalue weighted by molar-refractivity contribution is 0.572. The molecule has 0 bridgehead atoms. The van der Waals surface area contributed by atoms with E-state index in [0.717, 1.165) is 28.2 Å². The van der Waals surface area contributed by atoms with Gasteiger partial charge in [0.05, 0.1) is 17.3 Å². The van der Waals surface area contributed by atoms with Crippen molar-refractivity contribution in [3.8, 4) is 11.6 Å². The second kappa shape index (κ2) is 5.15. The van der Waals surface area contributed by atoms with Crippen LogP contribution in [0.5, 0.6) is 0 Å². The Morgan fingerprint density at radius 2 is 1.77 bits per heavy atom. The number of nitrogens with zero attached hydrogens (tertiary/aromatic N) is 2. The van der Waals surface area contributed by atoms with E-state index in [9.17, 15) is 4.39 Å². The van der Waals surface area contributed by atoms with Crippen molar-refractivity contribution in [2.24, 2.45) is 0 Å². The van der Waals surface area contributed by atoms with Crippen LogP contribution in [0.4, 0.5) is 4.39 Å². The average molecular weight is 292 g/mol. The third kappa shape index (κ3) is 2.19. The summed E-state index contributed by atoms with van der Waals surface area (Å²) in [4.78, 5) is 4.66. The number of imidazole rings is 1. The smallest absolute Gasteiger partial charge is 0.177 e. The lowest BCUT2D eigenvalue weighted by Crippen LogP contribution is -2.01. The molecule has 2 aromatic heterocycles. The molecule has 108 valence electrons. The summed E-state index contributed by atoms with van der Waals surface area (Å²) in [6, 6.07) is 18.2. The van der Waals surface area contributed by atoms with Crippen LogP contribution in [0.2, 0.25) is 0 Å². The van der Waals surface area contributed by atoms with Crippen LogP contribution in [0.15, 0.2) is 71.3 Å². The van der Waals surface area contributed by atoms with Gasteiger partial charge in [0.25, 0.3) is 0 Å². The molecule has 0 aliphatic carbocycles. The van der Waals surface area contributed by atoms with Crippen molar-refractivity contribution >= 4 is 11.0 Å². The van der Waals surface area contributed by atoms with E-state index in [1.807, 2.05) is 36.4 Å². The van der Waals surface area contributed by atoms with Crippen LogP contribution in [-0.4, -0.2) is 9.55 Å². The molecule has 0 saturated heterocycles. The van der Waals surface area contributed by atoms with Gasteiger partial charge in [0.2, 0.25) is 0 Å². The molecular weight excluding hydrogens is 279 g/mol. The SMILES string of the molecule is Fc1ccc(Cn2c(-c3ccco3)nc3ccccc32)cc1. The Hall–Kier alpha value is -2.88. The minimum atomic E-state index is -0.231. The number of hydrogen-bond acceptors (Lipinski definition) is 2. The predicted molar refractivity (Wildman–Crippen MR) is 82.9 cm³/mol. The van der Waals surface area contributed by atoms with E-state index in [0.29, 0.717) is 6.54 Å². The number of para-hydroxylation sites is 2. The highest BCUT2D eigenvalue weighted by Crippen LogP contribution is 2.26. The molecule has 2 heterocycles. The van der Waals surface area contributed by atoms with Gasteiger partial charge in [-0.3, -0.25) is 0 Å². The maximum atomic E-state index is 13.1. The summed E-state index contributed by atoms with van der Waals surface area (Å²) >= 11 is 0. The van der Waals surface area contributed by atoms with Gasteiger partial charge in [0.1, 0.15) is 5.82 Å². The van der Waals surface area contributed by atoms with E-state index >= 15 is 0 Å². The first-order valence-corrected chi connectivity index (χ1v) is 7.05. The number of aromatic nitrogens is 2. The number of rotatable bonds is 3. The summed E-state index contributed by atoms with van der Waals surface area (Å²) in [6.45, 7) is 0.608. The zero-order valence-electron chi connectivity index (χ0n) is 11.7. The molecule has 0 N–H and O–H groups in total. The third-order valence-electron chi connectivity index (χ3n) is 3.65. The van der Waals surface area contributed by atoms with E-state index in [2.05, 4.69) is 9.55 Å². The molecule has 0 saturated carbocycles. The molecule has 0 atom stereocenters. The van der Waals surface area contributed by atoms with Crippen molar-refractivity contribution in [1.82, 2.24) is 9.55 Å². The van der Waals surface area contributed by atoms with Gasteiger partial charge in [0, 0.05) is 6.54 Å².